The van der Waals surface area contributed by atoms with Gasteiger partial charge in [-0.3, -0.25) is 9.52 Å². The van der Waals surface area contributed by atoms with E-state index in [0.717, 1.165) is 17.4 Å². The van der Waals surface area contributed by atoms with Gasteiger partial charge in [0.05, 0.1) is 15.5 Å². The van der Waals surface area contributed by atoms with Crippen molar-refractivity contribution in [2.24, 2.45) is 0 Å². The maximum atomic E-state index is 13.1. The Morgan fingerprint density at radius 1 is 1.33 bits per heavy atom. The zero-order valence-corrected chi connectivity index (χ0v) is 12.7. The van der Waals surface area contributed by atoms with Crippen molar-refractivity contribution in [3.63, 3.8) is 0 Å². The molecule has 0 spiro atoms. The van der Waals surface area contributed by atoms with Crippen LogP contribution in [0.25, 0.3) is 0 Å². The molecule has 0 atom stereocenters. The number of carbonyl (C=O) groups is 1. The van der Waals surface area contributed by atoms with Crippen molar-refractivity contribution in [1.29, 1.82) is 0 Å². The molecule has 2 rings (SSSR count). The quantitative estimate of drug-likeness (QED) is 0.885. The molecule has 2 N–H and O–H groups in total. The lowest BCUT2D eigenvalue weighted by Crippen LogP contribution is -2.21. The summed E-state index contributed by atoms with van der Waals surface area (Å²) in [6, 6.07) is 6.43. The van der Waals surface area contributed by atoms with Crippen LogP contribution in [0.4, 0.5) is 10.1 Å². The van der Waals surface area contributed by atoms with E-state index >= 15 is 0 Å². The topological polar surface area (TPSA) is 75.3 Å². The number of carbonyl (C=O) groups excluding carboxylic acids is 1. The van der Waals surface area contributed by atoms with Crippen LogP contribution in [0.3, 0.4) is 0 Å². The highest BCUT2D eigenvalue weighted by Crippen LogP contribution is 2.22. The monoisotopic (exact) mass is 328 g/mol. The Balaban J connectivity index is 2.22. The second-order valence-corrected chi connectivity index (χ2v) is 6.72. The van der Waals surface area contributed by atoms with Crippen molar-refractivity contribution in [3.05, 3.63) is 46.4 Å². The molecule has 1 heterocycles. The summed E-state index contributed by atoms with van der Waals surface area (Å²) in [5.74, 6) is -0.863. The first-order valence-electron chi connectivity index (χ1n) is 6.07. The molecular formula is C13H13FN2O3S2. The molecule has 1 amide bonds. The van der Waals surface area contributed by atoms with E-state index in [4.69, 9.17) is 0 Å². The molecule has 0 saturated heterocycles. The Kier molecular flexibility index (Phi) is 4.59. The third kappa shape index (κ3) is 3.79. The predicted molar refractivity (Wildman–Crippen MR) is 79.5 cm³/mol. The lowest BCUT2D eigenvalue weighted by atomic mass is 10.3. The van der Waals surface area contributed by atoms with Crippen molar-refractivity contribution in [3.8, 4) is 0 Å². The molecule has 1 aromatic heterocycles. The minimum atomic E-state index is -3.84. The van der Waals surface area contributed by atoms with Gasteiger partial charge in [-0.1, -0.05) is 6.07 Å². The largest absolute Gasteiger partial charge is 0.352 e. The third-order valence-electron chi connectivity index (χ3n) is 2.52. The second kappa shape index (κ2) is 6.23. The number of hydrogen-bond donors (Lipinski definition) is 2. The van der Waals surface area contributed by atoms with Crippen LogP contribution in [0.1, 0.15) is 16.6 Å². The van der Waals surface area contributed by atoms with Crippen molar-refractivity contribution < 1.29 is 17.6 Å². The van der Waals surface area contributed by atoms with E-state index in [2.05, 4.69) is 10.0 Å². The molecule has 0 saturated carbocycles. The highest BCUT2D eigenvalue weighted by molar-refractivity contribution is 7.92. The number of halogens is 1. The van der Waals surface area contributed by atoms with Crippen LogP contribution >= 0.6 is 11.3 Å². The number of hydrogen-bond acceptors (Lipinski definition) is 4. The molecule has 0 aliphatic heterocycles. The molecule has 21 heavy (non-hydrogen) atoms. The van der Waals surface area contributed by atoms with Gasteiger partial charge in [0, 0.05) is 11.9 Å². The average Bonchev–Trinajstić information content (AvgIpc) is 2.89. The molecular weight excluding hydrogens is 315 g/mol. The summed E-state index contributed by atoms with van der Waals surface area (Å²) >= 11 is 1.03. The Morgan fingerprint density at radius 3 is 2.76 bits per heavy atom. The average molecular weight is 328 g/mol. The number of thiophene rings is 1. The van der Waals surface area contributed by atoms with E-state index in [1.807, 2.05) is 0 Å². The van der Waals surface area contributed by atoms with Gasteiger partial charge in [-0.2, -0.15) is 0 Å². The van der Waals surface area contributed by atoms with Crippen LogP contribution in [0.15, 0.2) is 40.6 Å². The first-order valence-corrected chi connectivity index (χ1v) is 8.44. The summed E-state index contributed by atoms with van der Waals surface area (Å²) < 4.78 is 39.6. The van der Waals surface area contributed by atoms with Gasteiger partial charge in [0.2, 0.25) is 0 Å². The first-order chi connectivity index (χ1) is 9.92. The molecule has 8 heteroatoms. The summed E-state index contributed by atoms with van der Waals surface area (Å²) in [4.78, 5) is 11.9. The Morgan fingerprint density at radius 2 is 2.10 bits per heavy atom. The van der Waals surface area contributed by atoms with Gasteiger partial charge in [-0.05, 0) is 31.2 Å². The Bertz CT molecular complexity index is 756. The Hall–Kier alpha value is -1.93. The van der Waals surface area contributed by atoms with Crippen LogP contribution in [-0.4, -0.2) is 20.9 Å². The van der Waals surface area contributed by atoms with Crippen molar-refractivity contribution in [2.75, 3.05) is 11.3 Å². The molecule has 0 radical (unpaired) electrons. The fourth-order valence-corrected chi connectivity index (χ4v) is 3.83. The molecule has 2 aromatic rings. The number of rotatable bonds is 5. The lowest BCUT2D eigenvalue weighted by Gasteiger charge is -2.06. The zero-order valence-electron chi connectivity index (χ0n) is 11.1. The molecule has 1 aromatic carbocycles. The van der Waals surface area contributed by atoms with Crippen molar-refractivity contribution >= 4 is 33.0 Å². The first kappa shape index (κ1) is 15.5. The molecule has 0 aliphatic rings. The molecule has 112 valence electrons. The third-order valence-corrected chi connectivity index (χ3v) is 4.96. The fraction of sp³-hybridized carbons (Fsp3) is 0.154. The van der Waals surface area contributed by atoms with Crippen molar-refractivity contribution in [1.82, 2.24) is 5.32 Å². The summed E-state index contributed by atoms with van der Waals surface area (Å²) in [6.07, 6.45) is 0. The van der Waals surface area contributed by atoms with Crippen LogP contribution < -0.4 is 10.0 Å². The number of nitrogens with one attached hydrogen (secondary N) is 2. The highest BCUT2D eigenvalue weighted by atomic mass is 32.2. The van der Waals surface area contributed by atoms with Gasteiger partial charge >= 0.3 is 0 Å². The van der Waals surface area contributed by atoms with Gasteiger partial charge in [-0.25, -0.2) is 12.8 Å². The SMILES string of the molecule is CCNC(=O)c1cc(S(=O)(=O)Nc2cccc(F)c2)cs1. The zero-order chi connectivity index (χ0) is 15.5. The summed E-state index contributed by atoms with van der Waals surface area (Å²) in [5, 5.41) is 3.96. The molecule has 0 unspecified atom stereocenters. The number of sulfonamides is 1. The lowest BCUT2D eigenvalue weighted by molar-refractivity contribution is 0.0959. The van der Waals surface area contributed by atoms with Crippen LogP contribution in [0.2, 0.25) is 0 Å². The van der Waals surface area contributed by atoms with Gasteiger partial charge < -0.3 is 5.32 Å². The van der Waals surface area contributed by atoms with E-state index in [1.165, 1.54) is 29.6 Å². The van der Waals surface area contributed by atoms with Crippen molar-refractivity contribution in [2.45, 2.75) is 11.8 Å². The number of anilines is 1. The summed E-state index contributed by atoms with van der Waals surface area (Å²) in [7, 11) is -3.84. The van der Waals surface area contributed by atoms with Gasteiger partial charge in [0.15, 0.2) is 0 Å². The second-order valence-electron chi connectivity index (χ2n) is 4.12. The molecule has 0 aliphatic carbocycles. The minimum Gasteiger partial charge on any atom is -0.352 e. The summed E-state index contributed by atoms with van der Waals surface area (Å²) in [5.41, 5.74) is 0.126. The van der Waals surface area contributed by atoms with E-state index in [0.29, 0.717) is 11.4 Å². The van der Waals surface area contributed by atoms with Crippen LogP contribution in [0, 0.1) is 5.82 Å². The smallest absolute Gasteiger partial charge is 0.262 e. The molecule has 0 fully saturated rings. The van der Waals surface area contributed by atoms with E-state index < -0.39 is 15.8 Å². The van der Waals surface area contributed by atoms with E-state index in [1.54, 1.807) is 6.92 Å². The maximum absolute atomic E-state index is 13.1. The molecule has 5 nitrogen and oxygen atoms in total. The van der Waals surface area contributed by atoms with Crippen LogP contribution in [-0.2, 0) is 10.0 Å². The van der Waals surface area contributed by atoms with E-state index in [-0.39, 0.29) is 16.5 Å². The Labute approximate surface area is 125 Å². The molecule has 0 bridgehead atoms. The number of benzene rings is 1. The van der Waals surface area contributed by atoms with Gasteiger partial charge in [0.1, 0.15) is 5.82 Å². The van der Waals surface area contributed by atoms with Gasteiger partial charge in [-0.15, -0.1) is 11.3 Å². The number of amides is 1. The standard InChI is InChI=1S/C13H13FN2O3S2/c1-2-15-13(17)12-7-11(8-20-12)21(18,19)16-10-5-3-4-9(14)6-10/h3-8,16H,2H2,1H3,(H,15,17). The normalized spacial score (nSPS) is 11.1. The highest BCUT2D eigenvalue weighted by Gasteiger charge is 2.18. The fourth-order valence-electron chi connectivity index (χ4n) is 1.59. The van der Waals surface area contributed by atoms with Crippen LogP contribution in [0.5, 0.6) is 0 Å². The predicted octanol–water partition coefficient (Wildman–Crippen LogP) is 2.44. The van der Waals surface area contributed by atoms with Gasteiger partial charge in [0.25, 0.3) is 15.9 Å². The summed E-state index contributed by atoms with van der Waals surface area (Å²) in [6.45, 7) is 2.23. The maximum Gasteiger partial charge on any atom is 0.262 e. The van der Waals surface area contributed by atoms with E-state index in [9.17, 15) is 17.6 Å². The minimum absolute atomic E-state index is 0.0296.